The molecular weight excluding hydrogens is 845 g/mol. The Bertz CT molecular complexity index is 1220. The van der Waals surface area contributed by atoms with Gasteiger partial charge in [0.25, 0.3) is 11.8 Å². The summed E-state index contributed by atoms with van der Waals surface area (Å²) in [6.45, 7) is 8.82. The molecule has 1 aromatic rings. The molecule has 404 valence electrons. The monoisotopic (exact) mass is 965 g/mol. The summed E-state index contributed by atoms with van der Waals surface area (Å²) in [6, 6.07) is 5.41. The van der Waals surface area contributed by atoms with Gasteiger partial charge >= 0.3 is 0 Å². The zero-order chi connectivity index (χ0) is 49.6. The number of carbonyl (C=O) groups excluding carboxylic acids is 2. The van der Waals surface area contributed by atoms with Gasteiger partial charge in [-0.1, -0.05) is 323 Å². The Labute approximate surface area is 431 Å². The highest BCUT2D eigenvalue weighted by molar-refractivity contribution is 6.00. The van der Waals surface area contributed by atoms with E-state index in [9.17, 15) is 9.59 Å². The molecule has 0 aromatic heterocycles. The maximum atomic E-state index is 13.5. The maximum Gasteiger partial charge on any atom is 0.255 e. The van der Waals surface area contributed by atoms with Crippen LogP contribution in [0.25, 0.3) is 0 Å². The standard InChI is InChI=1S/C64H120N2O3/c1-4-7-10-13-16-19-22-25-28-31-33-36-39-42-45-48-51-56-65-63(67)60-54-55-61(62(59-60)69-58-53-50-47-44-41-38-35-30-27-24-21-18-15-12-9-6-3)64(68)66-57-52-49-46-43-40-37-34-32-29-26-23-20-17-14-11-8-5-2/h54-55,59H,4-53,56-58H2,1-3H3,(H,65,67)(H,66,68). The number of unbranched alkanes of at least 4 members (excludes halogenated alkanes) is 47. The van der Waals surface area contributed by atoms with Crippen LogP contribution in [0.15, 0.2) is 18.2 Å². The smallest absolute Gasteiger partial charge is 0.255 e. The molecule has 0 saturated carbocycles. The zero-order valence-electron chi connectivity index (χ0n) is 46.9. The summed E-state index contributed by atoms with van der Waals surface area (Å²) < 4.78 is 6.31. The maximum absolute atomic E-state index is 13.5. The fourth-order valence-corrected chi connectivity index (χ4v) is 10.1. The van der Waals surface area contributed by atoms with E-state index in [1.54, 1.807) is 18.2 Å². The molecule has 0 atom stereocenters. The van der Waals surface area contributed by atoms with Crippen molar-refractivity contribution >= 4 is 11.8 Å². The molecule has 5 nitrogen and oxygen atoms in total. The predicted octanol–water partition coefficient (Wildman–Crippen LogP) is 21.1. The molecule has 0 heterocycles. The fourth-order valence-electron chi connectivity index (χ4n) is 10.1. The van der Waals surface area contributed by atoms with Gasteiger partial charge in [-0.05, 0) is 37.5 Å². The molecule has 0 radical (unpaired) electrons. The van der Waals surface area contributed by atoms with Gasteiger partial charge in [-0.2, -0.15) is 0 Å². The molecule has 0 bridgehead atoms. The Morgan fingerprint density at radius 3 is 0.855 bits per heavy atom. The topological polar surface area (TPSA) is 67.4 Å². The molecule has 0 aliphatic carbocycles. The lowest BCUT2D eigenvalue weighted by atomic mass is 10.0. The highest BCUT2D eigenvalue weighted by Gasteiger charge is 2.16. The molecule has 1 aromatic carbocycles. The summed E-state index contributed by atoms with van der Waals surface area (Å²) in [5.41, 5.74) is 1.12. The fraction of sp³-hybridized carbons (Fsp3) is 0.875. The summed E-state index contributed by atoms with van der Waals surface area (Å²) >= 11 is 0. The van der Waals surface area contributed by atoms with Gasteiger partial charge in [-0.15, -0.1) is 0 Å². The lowest BCUT2D eigenvalue weighted by Crippen LogP contribution is -2.26. The number of hydrogen-bond acceptors (Lipinski definition) is 3. The van der Waals surface area contributed by atoms with Gasteiger partial charge in [-0.25, -0.2) is 0 Å². The van der Waals surface area contributed by atoms with Crippen molar-refractivity contribution in [3.8, 4) is 5.75 Å². The minimum absolute atomic E-state index is 0.0748. The molecule has 1 rings (SSSR count). The van der Waals surface area contributed by atoms with Gasteiger partial charge in [0.15, 0.2) is 0 Å². The van der Waals surface area contributed by atoms with E-state index < -0.39 is 0 Å². The first-order valence-corrected chi connectivity index (χ1v) is 31.5. The molecule has 0 spiro atoms. The van der Waals surface area contributed by atoms with Crippen LogP contribution in [0.5, 0.6) is 5.75 Å². The van der Waals surface area contributed by atoms with E-state index in [4.69, 9.17) is 4.74 Å². The van der Waals surface area contributed by atoms with E-state index in [1.807, 2.05) is 0 Å². The molecule has 0 aliphatic rings. The number of rotatable bonds is 56. The molecular formula is C64H120N2O3. The van der Waals surface area contributed by atoms with Gasteiger partial charge in [0.2, 0.25) is 0 Å². The van der Waals surface area contributed by atoms with Crippen molar-refractivity contribution in [2.24, 2.45) is 0 Å². The molecule has 0 saturated heterocycles. The Morgan fingerprint density at radius 2 is 0.565 bits per heavy atom. The zero-order valence-corrected chi connectivity index (χ0v) is 46.9. The van der Waals surface area contributed by atoms with Gasteiger partial charge in [0.05, 0.1) is 12.2 Å². The average molecular weight is 966 g/mol. The molecule has 5 heteroatoms. The number of carbonyl (C=O) groups is 2. The highest BCUT2D eigenvalue weighted by Crippen LogP contribution is 2.23. The summed E-state index contributed by atoms with van der Waals surface area (Å²) in [5.74, 6) is 0.374. The van der Waals surface area contributed by atoms with E-state index in [-0.39, 0.29) is 11.8 Å². The summed E-state index contributed by atoms with van der Waals surface area (Å²) in [7, 11) is 0. The van der Waals surface area contributed by atoms with Crippen LogP contribution in [0.3, 0.4) is 0 Å². The molecule has 0 aliphatic heterocycles. The molecule has 0 unspecified atom stereocenters. The Balaban J connectivity index is 2.35. The van der Waals surface area contributed by atoms with Crippen LogP contribution in [-0.4, -0.2) is 31.5 Å². The van der Waals surface area contributed by atoms with Crippen LogP contribution < -0.4 is 15.4 Å². The largest absolute Gasteiger partial charge is 0.493 e. The second-order valence-electron chi connectivity index (χ2n) is 21.7. The van der Waals surface area contributed by atoms with Crippen molar-refractivity contribution in [3.05, 3.63) is 29.3 Å². The second kappa shape index (κ2) is 53.8. The van der Waals surface area contributed by atoms with E-state index in [0.29, 0.717) is 36.6 Å². The lowest BCUT2D eigenvalue weighted by Gasteiger charge is -2.14. The number of amides is 2. The average Bonchev–Trinajstić information content (AvgIpc) is 3.36. The van der Waals surface area contributed by atoms with Crippen molar-refractivity contribution < 1.29 is 14.3 Å². The summed E-state index contributed by atoms with van der Waals surface area (Å²) in [4.78, 5) is 26.7. The first-order valence-electron chi connectivity index (χ1n) is 31.5. The SMILES string of the molecule is CCCCCCCCCCCCCCCCCCCNC(=O)c1ccc(C(=O)NCCCCCCCCCCCCCCCCCCC)c(OCCCCCCCCCCCCCCCCCC)c1. The van der Waals surface area contributed by atoms with Crippen LogP contribution in [0.2, 0.25) is 0 Å². The number of ether oxygens (including phenoxy) is 1. The summed E-state index contributed by atoms with van der Waals surface area (Å²) in [5, 5.41) is 6.31. The van der Waals surface area contributed by atoms with Crippen LogP contribution in [-0.2, 0) is 0 Å². The van der Waals surface area contributed by atoms with Crippen LogP contribution >= 0.6 is 0 Å². The number of nitrogens with one attached hydrogen (secondary N) is 2. The van der Waals surface area contributed by atoms with Crippen molar-refractivity contribution in [1.82, 2.24) is 10.6 Å². The molecule has 0 fully saturated rings. The Kier molecular flexibility index (Phi) is 50.6. The third kappa shape index (κ3) is 44.4. The van der Waals surface area contributed by atoms with Gasteiger partial charge < -0.3 is 15.4 Å². The van der Waals surface area contributed by atoms with E-state index >= 15 is 0 Å². The Morgan fingerprint density at radius 1 is 0.319 bits per heavy atom. The van der Waals surface area contributed by atoms with Gasteiger partial charge in [0, 0.05) is 18.7 Å². The van der Waals surface area contributed by atoms with E-state index in [0.717, 1.165) is 38.5 Å². The first-order chi connectivity index (χ1) is 34.1. The van der Waals surface area contributed by atoms with Crippen LogP contribution in [0.4, 0.5) is 0 Å². The molecule has 69 heavy (non-hydrogen) atoms. The minimum Gasteiger partial charge on any atom is -0.493 e. The summed E-state index contributed by atoms with van der Waals surface area (Å²) in [6.07, 6.45) is 67.3. The molecule has 2 N–H and O–H groups in total. The molecule has 2 amide bonds. The van der Waals surface area contributed by atoms with E-state index in [1.165, 1.54) is 283 Å². The second-order valence-corrected chi connectivity index (χ2v) is 21.7. The minimum atomic E-state index is -0.0936. The quantitative estimate of drug-likeness (QED) is 0.0639. The number of hydrogen-bond donors (Lipinski definition) is 2. The lowest BCUT2D eigenvalue weighted by molar-refractivity contribution is 0.0937. The highest BCUT2D eigenvalue weighted by atomic mass is 16.5. The Hall–Kier alpha value is -2.04. The van der Waals surface area contributed by atoms with E-state index in [2.05, 4.69) is 31.4 Å². The number of benzene rings is 1. The van der Waals surface area contributed by atoms with Crippen molar-refractivity contribution in [3.63, 3.8) is 0 Å². The first kappa shape index (κ1) is 65.0. The third-order valence-electron chi connectivity index (χ3n) is 14.9. The van der Waals surface area contributed by atoms with Crippen molar-refractivity contribution in [1.29, 1.82) is 0 Å². The third-order valence-corrected chi connectivity index (χ3v) is 14.9. The van der Waals surface area contributed by atoms with Gasteiger partial charge in [0.1, 0.15) is 5.75 Å². The van der Waals surface area contributed by atoms with Gasteiger partial charge in [-0.3, -0.25) is 9.59 Å². The van der Waals surface area contributed by atoms with Crippen molar-refractivity contribution in [2.45, 2.75) is 342 Å². The normalized spacial score (nSPS) is 11.4. The van der Waals surface area contributed by atoms with Crippen LogP contribution in [0.1, 0.15) is 363 Å². The van der Waals surface area contributed by atoms with Crippen molar-refractivity contribution in [2.75, 3.05) is 19.7 Å². The van der Waals surface area contributed by atoms with Crippen LogP contribution in [0, 0.1) is 0 Å². The predicted molar refractivity (Wildman–Crippen MR) is 304 cm³/mol.